The Morgan fingerprint density at radius 1 is 1.43 bits per heavy atom. The summed E-state index contributed by atoms with van der Waals surface area (Å²) in [5.74, 6) is 1.60. The molecule has 1 saturated carbocycles. The van der Waals surface area contributed by atoms with Crippen LogP contribution in [0, 0.1) is 31.1 Å². The fourth-order valence-corrected chi connectivity index (χ4v) is 4.56. The van der Waals surface area contributed by atoms with Crippen LogP contribution in [-0.2, 0) is 0 Å². The van der Waals surface area contributed by atoms with Gasteiger partial charge in [-0.15, -0.1) is 11.8 Å². The fourth-order valence-electron chi connectivity index (χ4n) is 3.38. The topological polar surface area (TPSA) is 35.8 Å². The number of hydrogen-bond acceptors (Lipinski definition) is 3. The van der Waals surface area contributed by atoms with Crippen LogP contribution >= 0.6 is 11.8 Å². The van der Waals surface area contributed by atoms with Crippen molar-refractivity contribution in [2.24, 2.45) is 5.92 Å². The van der Waals surface area contributed by atoms with Crippen molar-refractivity contribution < 1.29 is 0 Å². The monoisotopic (exact) mass is 302 g/mol. The number of benzene rings is 1. The molecular weight excluding hydrogens is 276 g/mol. The first kappa shape index (κ1) is 16.4. The number of nitrogens with zero attached hydrogens (tertiary/aromatic N) is 1. The van der Waals surface area contributed by atoms with Crippen molar-refractivity contribution in [1.29, 1.82) is 5.26 Å². The first-order valence-electron chi connectivity index (χ1n) is 7.97. The van der Waals surface area contributed by atoms with E-state index in [0.29, 0.717) is 5.92 Å². The Kier molecular flexibility index (Phi) is 5.72. The molecule has 0 spiro atoms. The lowest BCUT2D eigenvalue weighted by Gasteiger charge is -2.29. The summed E-state index contributed by atoms with van der Waals surface area (Å²) in [7, 11) is 0. The molecule has 114 valence electrons. The van der Waals surface area contributed by atoms with Gasteiger partial charge >= 0.3 is 0 Å². The second-order valence-electron chi connectivity index (χ2n) is 6.11. The zero-order valence-corrected chi connectivity index (χ0v) is 14.2. The van der Waals surface area contributed by atoms with E-state index in [1.807, 2.05) is 11.8 Å². The van der Waals surface area contributed by atoms with E-state index in [1.54, 1.807) is 0 Å². The molecule has 3 heteroatoms. The van der Waals surface area contributed by atoms with Crippen molar-refractivity contribution in [1.82, 2.24) is 5.32 Å². The predicted molar refractivity (Wildman–Crippen MR) is 90.6 cm³/mol. The van der Waals surface area contributed by atoms with Gasteiger partial charge in [-0.1, -0.05) is 31.0 Å². The molecule has 1 fully saturated rings. The van der Waals surface area contributed by atoms with Crippen molar-refractivity contribution in [3.05, 3.63) is 29.3 Å². The molecule has 1 aromatic carbocycles. The number of hydrogen-bond donors (Lipinski definition) is 1. The first-order chi connectivity index (χ1) is 10.1. The number of rotatable bonds is 6. The molecule has 2 nitrogen and oxygen atoms in total. The third-order valence-corrected chi connectivity index (χ3v) is 5.77. The smallest absolute Gasteiger partial charge is 0.109 e. The average molecular weight is 302 g/mol. The summed E-state index contributed by atoms with van der Waals surface area (Å²) in [5.41, 5.74) is 2.41. The molecule has 2 unspecified atom stereocenters. The molecule has 0 saturated heterocycles. The van der Waals surface area contributed by atoms with Crippen molar-refractivity contribution in [3.8, 4) is 6.07 Å². The zero-order chi connectivity index (χ0) is 15.3. The van der Waals surface area contributed by atoms with E-state index in [-0.39, 0.29) is 5.54 Å². The molecule has 0 amide bonds. The minimum absolute atomic E-state index is 0.267. The molecule has 1 aromatic rings. The van der Waals surface area contributed by atoms with Crippen LogP contribution < -0.4 is 5.32 Å². The van der Waals surface area contributed by atoms with Gasteiger partial charge in [0.2, 0.25) is 0 Å². The second kappa shape index (κ2) is 7.33. The van der Waals surface area contributed by atoms with Crippen molar-refractivity contribution in [2.45, 2.75) is 56.9 Å². The minimum Gasteiger partial charge on any atom is -0.299 e. The standard InChI is InChI=1S/C18H26N2S/c1-4-20-18(13-19)10-5-6-16(18)9-11-21-17-12-14(2)7-8-15(17)3/h7-8,12,16,20H,4-6,9-11H2,1-3H3. The van der Waals surface area contributed by atoms with Gasteiger partial charge < -0.3 is 0 Å². The molecule has 2 rings (SSSR count). The van der Waals surface area contributed by atoms with Gasteiger partial charge in [0.05, 0.1) is 6.07 Å². The first-order valence-corrected chi connectivity index (χ1v) is 8.96. The Morgan fingerprint density at radius 2 is 2.24 bits per heavy atom. The highest BCUT2D eigenvalue weighted by Crippen LogP contribution is 2.39. The third kappa shape index (κ3) is 3.81. The summed E-state index contributed by atoms with van der Waals surface area (Å²) in [6.07, 6.45) is 4.50. The summed E-state index contributed by atoms with van der Waals surface area (Å²) < 4.78 is 0. The maximum atomic E-state index is 9.60. The number of thioether (sulfide) groups is 1. The lowest BCUT2D eigenvalue weighted by atomic mass is 9.86. The molecule has 0 aromatic heterocycles. The van der Waals surface area contributed by atoms with Gasteiger partial charge in [0, 0.05) is 4.90 Å². The third-order valence-electron chi connectivity index (χ3n) is 4.58. The average Bonchev–Trinajstić information content (AvgIpc) is 2.86. The van der Waals surface area contributed by atoms with Crippen LogP contribution in [0.1, 0.15) is 43.7 Å². The Labute approximate surface area is 133 Å². The van der Waals surface area contributed by atoms with E-state index in [9.17, 15) is 5.26 Å². The molecular formula is C18H26N2S. The summed E-state index contributed by atoms with van der Waals surface area (Å²) in [6.45, 7) is 7.30. The van der Waals surface area contributed by atoms with Gasteiger partial charge in [-0.3, -0.25) is 5.32 Å². The normalized spacial score (nSPS) is 25.0. The maximum Gasteiger partial charge on any atom is 0.109 e. The van der Waals surface area contributed by atoms with E-state index >= 15 is 0 Å². The molecule has 1 N–H and O–H groups in total. The predicted octanol–water partition coefficient (Wildman–Crippen LogP) is 4.46. The Balaban J connectivity index is 1.93. The van der Waals surface area contributed by atoms with Crippen LogP contribution in [0.5, 0.6) is 0 Å². The molecule has 0 bridgehead atoms. The van der Waals surface area contributed by atoms with Gasteiger partial charge in [0.1, 0.15) is 5.54 Å². The van der Waals surface area contributed by atoms with Crippen LogP contribution in [0.4, 0.5) is 0 Å². The van der Waals surface area contributed by atoms with Crippen molar-refractivity contribution in [3.63, 3.8) is 0 Å². The minimum atomic E-state index is -0.267. The largest absolute Gasteiger partial charge is 0.299 e. The van der Waals surface area contributed by atoms with Gasteiger partial charge in [-0.05, 0) is 63.0 Å². The van der Waals surface area contributed by atoms with E-state index in [1.165, 1.54) is 28.9 Å². The molecule has 21 heavy (non-hydrogen) atoms. The zero-order valence-electron chi connectivity index (χ0n) is 13.4. The van der Waals surface area contributed by atoms with Crippen LogP contribution in [0.2, 0.25) is 0 Å². The van der Waals surface area contributed by atoms with E-state index in [2.05, 4.69) is 50.4 Å². The maximum absolute atomic E-state index is 9.60. The number of nitrogens with one attached hydrogen (secondary N) is 1. The second-order valence-corrected chi connectivity index (χ2v) is 7.25. The van der Waals surface area contributed by atoms with Crippen LogP contribution in [0.3, 0.4) is 0 Å². The molecule has 0 radical (unpaired) electrons. The highest BCUT2D eigenvalue weighted by molar-refractivity contribution is 7.99. The Morgan fingerprint density at radius 3 is 2.95 bits per heavy atom. The van der Waals surface area contributed by atoms with Gasteiger partial charge in [0.25, 0.3) is 0 Å². The fraction of sp³-hybridized carbons (Fsp3) is 0.611. The number of nitriles is 1. The number of aryl methyl sites for hydroxylation is 2. The molecule has 0 aliphatic heterocycles. The summed E-state index contributed by atoms with van der Waals surface area (Å²) in [6, 6.07) is 9.22. The van der Waals surface area contributed by atoms with Crippen molar-refractivity contribution in [2.75, 3.05) is 12.3 Å². The molecule has 0 heterocycles. The lowest BCUT2D eigenvalue weighted by molar-refractivity contribution is 0.317. The van der Waals surface area contributed by atoms with Crippen LogP contribution in [0.25, 0.3) is 0 Å². The van der Waals surface area contributed by atoms with E-state index in [0.717, 1.165) is 25.1 Å². The van der Waals surface area contributed by atoms with Gasteiger partial charge in [-0.2, -0.15) is 5.26 Å². The van der Waals surface area contributed by atoms with E-state index in [4.69, 9.17) is 0 Å². The quantitative estimate of drug-likeness (QED) is 0.788. The summed E-state index contributed by atoms with van der Waals surface area (Å²) in [4.78, 5) is 1.39. The van der Waals surface area contributed by atoms with Gasteiger partial charge in [0.15, 0.2) is 0 Å². The molecule has 1 aliphatic carbocycles. The molecule has 2 atom stereocenters. The summed E-state index contributed by atoms with van der Waals surface area (Å²) >= 11 is 1.94. The highest BCUT2D eigenvalue weighted by atomic mass is 32.2. The van der Waals surface area contributed by atoms with E-state index < -0.39 is 0 Å². The SMILES string of the molecule is CCNC1(C#N)CCCC1CCSc1cc(C)ccc1C. The Hall–Kier alpha value is -0.980. The Bertz CT molecular complexity index is 520. The molecule has 1 aliphatic rings. The highest BCUT2D eigenvalue weighted by Gasteiger charge is 2.41. The van der Waals surface area contributed by atoms with Crippen molar-refractivity contribution >= 4 is 11.8 Å². The summed E-state index contributed by atoms with van der Waals surface area (Å²) in [5, 5.41) is 13.1. The van der Waals surface area contributed by atoms with Crippen LogP contribution in [-0.4, -0.2) is 17.8 Å². The van der Waals surface area contributed by atoms with Crippen LogP contribution in [0.15, 0.2) is 23.1 Å². The lowest BCUT2D eigenvalue weighted by Crippen LogP contribution is -2.47. The van der Waals surface area contributed by atoms with Gasteiger partial charge in [-0.25, -0.2) is 0 Å².